The molecule has 1 N–H and O–H groups in total. The van der Waals surface area contributed by atoms with E-state index in [0.717, 1.165) is 31.9 Å². The van der Waals surface area contributed by atoms with Crippen LogP contribution < -0.4 is 15.0 Å². The highest BCUT2D eigenvalue weighted by atomic mass is 16.5. The van der Waals surface area contributed by atoms with Crippen LogP contribution in [0.3, 0.4) is 0 Å². The molecule has 0 aromatic carbocycles. The number of ether oxygens (including phenoxy) is 1. The van der Waals surface area contributed by atoms with E-state index in [9.17, 15) is 4.79 Å². The van der Waals surface area contributed by atoms with E-state index in [1.165, 1.54) is 6.33 Å². The van der Waals surface area contributed by atoms with Gasteiger partial charge in [-0.05, 0) is 6.42 Å². The summed E-state index contributed by atoms with van der Waals surface area (Å²) in [7, 11) is 3.41. The monoisotopic (exact) mass is 279 g/mol. The third kappa shape index (κ3) is 2.92. The van der Waals surface area contributed by atoms with Gasteiger partial charge in [-0.2, -0.15) is 0 Å². The number of rotatable bonds is 3. The van der Waals surface area contributed by atoms with E-state index in [1.807, 2.05) is 4.90 Å². The number of hydrogen-bond donors (Lipinski definition) is 1. The molecule has 0 radical (unpaired) electrons. The Morgan fingerprint density at radius 2 is 2.10 bits per heavy atom. The van der Waals surface area contributed by atoms with Gasteiger partial charge in [0.25, 0.3) is 0 Å². The lowest BCUT2D eigenvalue weighted by Gasteiger charge is -2.24. The summed E-state index contributed by atoms with van der Waals surface area (Å²) in [6, 6.07) is 0. The van der Waals surface area contributed by atoms with E-state index in [2.05, 4.69) is 20.2 Å². The maximum Gasteiger partial charge on any atom is 0.219 e. The first kappa shape index (κ1) is 14.4. The van der Waals surface area contributed by atoms with Gasteiger partial charge in [0.2, 0.25) is 11.7 Å². The molecule has 20 heavy (non-hydrogen) atoms. The SMILES string of the molecule is CNc1ncnc(N2CCCN(C(C)=O)CC2)c1OC. The van der Waals surface area contributed by atoms with Crippen LogP contribution in [0.15, 0.2) is 6.33 Å². The molecule has 0 unspecified atom stereocenters. The Balaban J connectivity index is 2.21. The molecule has 1 aromatic rings. The quantitative estimate of drug-likeness (QED) is 0.873. The van der Waals surface area contributed by atoms with Crippen LogP contribution in [-0.4, -0.2) is 61.1 Å². The topological polar surface area (TPSA) is 70.6 Å². The van der Waals surface area contributed by atoms with Crippen molar-refractivity contribution in [3.8, 4) is 5.75 Å². The molecule has 1 fully saturated rings. The fourth-order valence-electron chi connectivity index (χ4n) is 2.40. The lowest BCUT2D eigenvalue weighted by molar-refractivity contribution is -0.128. The highest BCUT2D eigenvalue weighted by molar-refractivity contribution is 5.73. The molecule has 1 aliphatic rings. The zero-order chi connectivity index (χ0) is 14.5. The van der Waals surface area contributed by atoms with Crippen LogP contribution in [0, 0.1) is 0 Å². The Hall–Kier alpha value is -2.05. The van der Waals surface area contributed by atoms with E-state index >= 15 is 0 Å². The maximum absolute atomic E-state index is 11.5. The predicted molar refractivity (Wildman–Crippen MR) is 77.2 cm³/mol. The van der Waals surface area contributed by atoms with Gasteiger partial charge in [-0.25, -0.2) is 9.97 Å². The standard InChI is InChI=1S/C13H21N5O2/c1-10(19)17-5-4-6-18(8-7-17)13-11(20-3)12(14-2)15-9-16-13/h9H,4-8H2,1-3H3,(H,14,15,16). The van der Waals surface area contributed by atoms with Crippen LogP contribution >= 0.6 is 0 Å². The van der Waals surface area contributed by atoms with Crippen molar-refractivity contribution in [3.63, 3.8) is 0 Å². The van der Waals surface area contributed by atoms with Gasteiger partial charge in [-0.15, -0.1) is 0 Å². The molecule has 7 nitrogen and oxygen atoms in total. The van der Waals surface area contributed by atoms with Crippen molar-refractivity contribution < 1.29 is 9.53 Å². The molecule has 1 amide bonds. The minimum absolute atomic E-state index is 0.123. The van der Waals surface area contributed by atoms with Crippen molar-refractivity contribution in [1.82, 2.24) is 14.9 Å². The van der Waals surface area contributed by atoms with E-state index in [-0.39, 0.29) is 5.91 Å². The third-order valence-corrected chi connectivity index (χ3v) is 3.47. The van der Waals surface area contributed by atoms with Crippen molar-refractivity contribution in [2.24, 2.45) is 0 Å². The van der Waals surface area contributed by atoms with Gasteiger partial charge < -0.3 is 19.9 Å². The molecule has 1 saturated heterocycles. The number of amides is 1. The first-order chi connectivity index (χ1) is 9.67. The molecule has 0 bridgehead atoms. The van der Waals surface area contributed by atoms with Crippen LogP contribution in [-0.2, 0) is 4.79 Å². The molecular weight excluding hydrogens is 258 g/mol. The fourth-order valence-corrected chi connectivity index (χ4v) is 2.40. The van der Waals surface area contributed by atoms with Crippen LogP contribution in [0.1, 0.15) is 13.3 Å². The summed E-state index contributed by atoms with van der Waals surface area (Å²) in [5.74, 6) is 2.21. The lowest BCUT2D eigenvalue weighted by Crippen LogP contribution is -2.34. The van der Waals surface area contributed by atoms with Crippen molar-refractivity contribution in [3.05, 3.63) is 6.33 Å². The van der Waals surface area contributed by atoms with E-state index in [1.54, 1.807) is 21.1 Å². The number of carbonyl (C=O) groups excluding carboxylic acids is 1. The van der Waals surface area contributed by atoms with Gasteiger partial charge in [0.1, 0.15) is 6.33 Å². The Morgan fingerprint density at radius 1 is 1.30 bits per heavy atom. The van der Waals surface area contributed by atoms with Gasteiger partial charge in [0, 0.05) is 40.2 Å². The summed E-state index contributed by atoms with van der Waals surface area (Å²) in [4.78, 5) is 24.0. The molecule has 0 atom stereocenters. The summed E-state index contributed by atoms with van der Waals surface area (Å²) in [6.07, 6.45) is 2.44. The summed E-state index contributed by atoms with van der Waals surface area (Å²) >= 11 is 0. The summed E-state index contributed by atoms with van der Waals surface area (Å²) < 4.78 is 5.43. The zero-order valence-corrected chi connectivity index (χ0v) is 12.2. The number of nitrogens with zero attached hydrogens (tertiary/aromatic N) is 4. The number of hydrogen-bond acceptors (Lipinski definition) is 6. The zero-order valence-electron chi connectivity index (χ0n) is 12.2. The van der Waals surface area contributed by atoms with E-state index in [4.69, 9.17) is 4.74 Å². The van der Waals surface area contributed by atoms with E-state index in [0.29, 0.717) is 18.1 Å². The smallest absolute Gasteiger partial charge is 0.219 e. The van der Waals surface area contributed by atoms with Gasteiger partial charge >= 0.3 is 0 Å². The molecule has 0 aliphatic carbocycles. The Kier molecular flexibility index (Phi) is 4.60. The fraction of sp³-hybridized carbons (Fsp3) is 0.615. The van der Waals surface area contributed by atoms with Gasteiger partial charge in [-0.3, -0.25) is 4.79 Å². The predicted octanol–water partition coefficient (Wildman–Crippen LogP) is 0.586. The molecule has 1 aromatic heterocycles. The van der Waals surface area contributed by atoms with Crippen LogP contribution in [0.4, 0.5) is 11.6 Å². The van der Waals surface area contributed by atoms with Gasteiger partial charge in [0.15, 0.2) is 11.6 Å². The van der Waals surface area contributed by atoms with Crippen LogP contribution in [0.2, 0.25) is 0 Å². The largest absolute Gasteiger partial charge is 0.490 e. The van der Waals surface area contributed by atoms with Crippen molar-refractivity contribution in [1.29, 1.82) is 0 Å². The Bertz CT molecular complexity index is 480. The summed E-state index contributed by atoms with van der Waals surface area (Å²) in [6.45, 7) is 4.70. The summed E-state index contributed by atoms with van der Waals surface area (Å²) in [5.41, 5.74) is 0. The normalized spacial score (nSPS) is 15.8. The molecule has 1 aliphatic heterocycles. The second kappa shape index (κ2) is 6.40. The second-order valence-corrected chi connectivity index (χ2v) is 4.68. The van der Waals surface area contributed by atoms with E-state index < -0.39 is 0 Å². The first-order valence-electron chi connectivity index (χ1n) is 6.74. The number of anilines is 2. The molecule has 2 heterocycles. The highest BCUT2D eigenvalue weighted by Gasteiger charge is 2.21. The second-order valence-electron chi connectivity index (χ2n) is 4.68. The average molecular weight is 279 g/mol. The van der Waals surface area contributed by atoms with Crippen LogP contribution in [0.25, 0.3) is 0 Å². The molecule has 7 heteroatoms. The minimum Gasteiger partial charge on any atom is -0.490 e. The van der Waals surface area contributed by atoms with Gasteiger partial charge in [-0.1, -0.05) is 0 Å². The number of carbonyl (C=O) groups is 1. The van der Waals surface area contributed by atoms with Crippen molar-refractivity contribution >= 4 is 17.5 Å². The Morgan fingerprint density at radius 3 is 2.75 bits per heavy atom. The molecule has 0 spiro atoms. The van der Waals surface area contributed by atoms with Gasteiger partial charge in [0.05, 0.1) is 7.11 Å². The van der Waals surface area contributed by atoms with Crippen molar-refractivity contribution in [2.45, 2.75) is 13.3 Å². The molecule has 0 saturated carbocycles. The number of methoxy groups -OCH3 is 1. The minimum atomic E-state index is 0.123. The molecule has 110 valence electrons. The average Bonchev–Trinajstić information content (AvgIpc) is 2.72. The number of nitrogens with one attached hydrogen (secondary N) is 1. The first-order valence-corrected chi connectivity index (χ1v) is 6.74. The molecular formula is C13H21N5O2. The highest BCUT2D eigenvalue weighted by Crippen LogP contribution is 2.31. The van der Waals surface area contributed by atoms with Crippen LogP contribution in [0.5, 0.6) is 5.75 Å². The number of aromatic nitrogens is 2. The third-order valence-electron chi connectivity index (χ3n) is 3.47. The maximum atomic E-state index is 11.5. The summed E-state index contributed by atoms with van der Waals surface area (Å²) in [5, 5.41) is 3.00. The molecule has 2 rings (SSSR count). The van der Waals surface area contributed by atoms with Crippen molar-refractivity contribution in [2.75, 3.05) is 50.6 Å². The Labute approximate surface area is 118 Å². The lowest BCUT2D eigenvalue weighted by atomic mass is 10.3.